The average Bonchev–Trinajstić information content (AvgIpc) is 2.82. The van der Waals surface area contributed by atoms with Crippen LogP contribution in [0.5, 0.6) is 0 Å². The fourth-order valence-corrected chi connectivity index (χ4v) is 6.43. The number of rotatable bonds is 1. The lowest BCUT2D eigenvalue weighted by molar-refractivity contribution is -0.152. The molecular formula is C19H26O3. The molecule has 0 aliphatic heterocycles. The van der Waals surface area contributed by atoms with E-state index in [4.69, 9.17) is 0 Å². The minimum absolute atomic E-state index is 0.0579. The summed E-state index contributed by atoms with van der Waals surface area (Å²) >= 11 is 0. The van der Waals surface area contributed by atoms with Gasteiger partial charge >= 0.3 is 0 Å². The van der Waals surface area contributed by atoms with Gasteiger partial charge in [0.2, 0.25) is 0 Å². The lowest BCUT2D eigenvalue weighted by atomic mass is 9.45. The van der Waals surface area contributed by atoms with E-state index in [-0.39, 0.29) is 17.4 Å². The third kappa shape index (κ3) is 1.72. The highest BCUT2D eigenvalue weighted by Crippen LogP contribution is 2.64. The Hall–Kier alpha value is -0.960. The minimum Gasteiger partial charge on any atom is -0.396 e. The van der Waals surface area contributed by atoms with Crippen LogP contribution in [0.1, 0.15) is 51.9 Å². The summed E-state index contributed by atoms with van der Waals surface area (Å²) in [6.07, 6.45) is 10.2. The minimum atomic E-state index is -0.199. The molecule has 22 heavy (non-hydrogen) atoms. The van der Waals surface area contributed by atoms with Crippen molar-refractivity contribution >= 4 is 11.6 Å². The lowest BCUT2D eigenvalue weighted by Crippen LogP contribution is -2.56. The van der Waals surface area contributed by atoms with Crippen LogP contribution in [0.3, 0.4) is 0 Å². The van der Waals surface area contributed by atoms with Crippen LogP contribution < -0.4 is 0 Å². The van der Waals surface area contributed by atoms with E-state index in [2.05, 4.69) is 13.0 Å². The van der Waals surface area contributed by atoms with Crippen molar-refractivity contribution in [3.8, 4) is 0 Å². The number of aliphatic hydroxyl groups is 1. The number of hydrogen-bond acceptors (Lipinski definition) is 3. The second-order valence-corrected chi connectivity index (χ2v) is 8.38. The van der Waals surface area contributed by atoms with E-state index in [9.17, 15) is 14.7 Å². The van der Waals surface area contributed by atoms with Crippen LogP contribution in [-0.4, -0.2) is 23.3 Å². The molecule has 0 aromatic carbocycles. The van der Waals surface area contributed by atoms with E-state index in [0.717, 1.165) is 32.1 Å². The van der Waals surface area contributed by atoms with Crippen molar-refractivity contribution in [1.29, 1.82) is 0 Å². The smallest absolute Gasteiger partial charge is 0.161 e. The normalized spacial score (nSPS) is 50.5. The van der Waals surface area contributed by atoms with E-state index in [1.165, 1.54) is 0 Å². The van der Waals surface area contributed by atoms with Crippen LogP contribution in [0, 0.1) is 34.5 Å². The molecule has 0 bridgehead atoms. The SMILES string of the molecule is C[C@]12CC[C@H]3[C@@H](CCC4CC(=O)CC[C@@]43CO)[C@@H]1C=CC2=O. The molecular weight excluding hydrogens is 276 g/mol. The van der Waals surface area contributed by atoms with Crippen LogP contribution >= 0.6 is 0 Å². The van der Waals surface area contributed by atoms with Gasteiger partial charge in [0.05, 0.1) is 0 Å². The highest BCUT2D eigenvalue weighted by Gasteiger charge is 2.60. The van der Waals surface area contributed by atoms with Crippen LogP contribution in [0.25, 0.3) is 0 Å². The van der Waals surface area contributed by atoms with Gasteiger partial charge in [0.1, 0.15) is 5.78 Å². The average molecular weight is 302 g/mol. The first-order valence-electron chi connectivity index (χ1n) is 8.86. The number of hydrogen-bond donors (Lipinski definition) is 1. The monoisotopic (exact) mass is 302 g/mol. The van der Waals surface area contributed by atoms with Crippen molar-refractivity contribution < 1.29 is 14.7 Å². The number of allylic oxidation sites excluding steroid dienone is 2. The van der Waals surface area contributed by atoms with E-state index < -0.39 is 0 Å². The number of ketones is 2. The van der Waals surface area contributed by atoms with Crippen molar-refractivity contribution in [2.75, 3.05) is 6.61 Å². The number of fused-ring (bicyclic) bond motifs is 5. The number of carbonyl (C=O) groups excluding carboxylic acids is 2. The Morgan fingerprint density at radius 2 is 2.05 bits per heavy atom. The standard InChI is InChI=1S/C19H26O3/c1-18-8-7-16-14(15(18)4-5-17(18)22)3-2-12-10-13(21)6-9-19(12,16)11-20/h4-5,12,14-16,20H,2-3,6-11H2,1H3/t12?,14-,15-,16-,18-,19+/m0/s1. The summed E-state index contributed by atoms with van der Waals surface area (Å²) in [5.41, 5.74) is -0.257. The predicted octanol–water partition coefficient (Wildman–Crippen LogP) is 2.92. The second kappa shape index (κ2) is 4.77. The molecule has 4 aliphatic rings. The fourth-order valence-electron chi connectivity index (χ4n) is 6.43. The molecule has 0 aromatic heterocycles. The first kappa shape index (κ1) is 14.6. The topological polar surface area (TPSA) is 54.4 Å². The molecule has 1 unspecified atom stereocenters. The van der Waals surface area contributed by atoms with Gasteiger partial charge in [-0.05, 0) is 61.9 Å². The van der Waals surface area contributed by atoms with Crippen LogP contribution in [0.15, 0.2) is 12.2 Å². The van der Waals surface area contributed by atoms with Gasteiger partial charge in [-0.1, -0.05) is 13.0 Å². The molecule has 3 saturated carbocycles. The van der Waals surface area contributed by atoms with Crippen LogP contribution in [-0.2, 0) is 9.59 Å². The predicted molar refractivity (Wildman–Crippen MR) is 83.1 cm³/mol. The number of Topliss-reactive ketones (excluding diaryl/α,β-unsaturated/α-hetero) is 1. The Kier molecular flexibility index (Phi) is 3.17. The molecule has 0 heterocycles. The zero-order chi connectivity index (χ0) is 15.5. The van der Waals surface area contributed by atoms with Crippen molar-refractivity contribution in [1.82, 2.24) is 0 Å². The summed E-state index contributed by atoms with van der Waals surface area (Å²) in [7, 11) is 0. The third-order valence-electron chi connectivity index (χ3n) is 7.74. The first-order chi connectivity index (χ1) is 10.5. The molecule has 4 rings (SSSR count). The zero-order valence-corrected chi connectivity index (χ0v) is 13.4. The Morgan fingerprint density at radius 1 is 1.23 bits per heavy atom. The molecule has 0 spiro atoms. The summed E-state index contributed by atoms with van der Waals surface area (Å²) in [4.78, 5) is 24.2. The molecule has 6 atom stereocenters. The van der Waals surface area contributed by atoms with Gasteiger partial charge in [0.15, 0.2) is 5.78 Å². The summed E-state index contributed by atoms with van der Waals surface area (Å²) in [6.45, 7) is 2.35. The van der Waals surface area contributed by atoms with Crippen molar-refractivity contribution in [2.45, 2.75) is 51.9 Å². The number of aliphatic hydroxyl groups excluding tert-OH is 1. The van der Waals surface area contributed by atoms with Crippen LogP contribution in [0.4, 0.5) is 0 Å². The summed E-state index contributed by atoms with van der Waals surface area (Å²) in [5, 5.41) is 10.3. The molecule has 3 heteroatoms. The largest absolute Gasteiger partial charge is 0.396 e. The molecule has 4 aliphatic carbocycles. The lowest BCUT2D eigenvalue weighted by Gasteiger charge is -2.59. The molecule has 120 valence electrons. The molecule has 0 radical (unpaired) electrons. The Balaban J connectivity index is 1.69. The summed E-state index contributed by atoms with van der Waals surface area (Å²) < 4.78 is 0. The molecule has 0 aromatic rings. The second-order valence-electron chi connectivity index (χ2n) is 8.38. The maximum absolute atomic E-state index is 12.3. The Morgan fingerprint density at radius 3 is 2.82 bits per heavy atom. The zero-order valence-electron chi connectivity index (χ0n) is 13.4. The van der Waals surface area contributed by atoms with Crippen molar-refractivity contribution in [3.63, 3.8) is 0 Å². The van der Waals surface area contributed by atoms with Crippen LogP contribution in [0.2, 0.25) is 0 Å². The van der Waals surface area contributed by atoms with Gasteiger partial charge in [0, 0.05) is 30.3 Å². The highest BCUT2D eigenvalue weighted by molar-refractivity contribution is 5.97. The molecule has 1 N–H and O–H groups in total. The van der Waals surface area contributed by atoms with Gasteiger partial charge in [-0.25, -0.2) is 0 Å². The van der Waals surface area contributed by atoms with E-state index >= 15 is 0 Å². The van der Waals surface area contributed by atoms with Crippen molar-refractivity contribution in [2.24, 2.45) is 34.5 Å². The van der Waals surface area contributed by atoms with Gasteiger partial charge in [0.25, 0.3) is 0 Å². The van der Waals surface area contributed by atoms with Gasteiger partial charge in [-0.15, -0.1) is 0 Å². The first-order valence-corrected chi connectivity index (χ1v) is 8.86. The third-order valence-corrected chi connectivity index (χ3v) is 7.74. The maximum atomic E-state index is 12.3. The maximum Gasteiger partial charge on any atom is 0.161 e. The molecule has 3 nitrogen and oxygen atoms in total. The molecule has 3 fully saturated rings. The van der Waals surface area contributed by atoms with Gasteiger partial charge in [-0.2, -0.15) is 0 Å². The highest BCUT2D eigenvalue weighted by atomic mass is 16.3. The number of carbonyl (C=O) groups is 2. The van der Waals surface area contributed by atoms with E-state index in [0.29, 0.717) is 48.1 Å². The Bertz CT molecular complexity index is 551. The van der Waals surface area contributed by atoms with Gasteiger partial charge in [-0.3, -0.25) is 9.59 Å². The van der Waals surface area contributed by atoms with E-state index in [1.54, 1.807) is 6.08 Å². The summed E-state index contributed by atoms with van der Waals surface area (Å²) in [6, 6.07) is 0. The fraction of sp³-hybridized carbons (Fsp3) is 0.789. The quantitative estimate of drug-likeness (QED) is 0.810. The Labute approximate surface area is 132 Å². The van der Waals surface area contributed by atoms with E-state index in [1.807, 2.05) is 0 Å². The van der Waals surface area contributed by atoms with Gasteiger partial charge < -0.3 is 5.11 Å². The summed E-state index contributed by atoms with van der Waals surface area (Å²) in [5.74, 6) is 2.39. The van der Waals surface area contributed by atoms with Crippen molar-refractivity contribution in [3.05, 3.63) is 12.2 Å². The molecule has 0 saturated heterocycles. The molecule has 0 amide bonds.